The van der Waals surface area contributed by atoms with Crippen LogP contribution in [0.4, 0.5) is 0 Å². The van der Waals surface area contributed by atoms with Gasteiger partial charge in [0.25, 0.3) is 5.91 Å². The van der Waals surface area contributed by atoms with Crippen molar-refractivity contribution in [3.8, 4) is 0 Å². The van der Waals surface area contributed by atoms with Gasteiger partial charge in [-0.1, -0.05) is 0 Å². The van der Waals surface area contributed by atoms with Crippen molar-refractivity contribution in [2.45, 2.75) is 18.9 Å². The third kappa shape index (κ3) is 3.62. The fraction of sp³-hybridized carbons (Fsp3) is 0.778. The van der Waals surface area contributed by atoms with Crippen LogP contribution in [0.1, 0.15) is 12.8 Å². The summed E-state index contributed by atoms with van der Waals surface area (Å²) in [5.41, 5.74) is 5.68. The van der Waals surface area contributed by atoms with E-state index in [-0.39, 0.29) is 30.1 Å². The maximum absolute atomic E-state index is 11.5. The van der Waals surface area contributed by atoms with Gasteiger partial charge in [-0.15, -0.1) is 12.4 Å². The summed E-state index contributed by atoms with van der Waals surface area (Å²) in [7, 11) is 2.89. The normalized spacial score (nSPS) is 20.9. The van der Waals surface area contributed by atoms with Gasteiger partial charge in [0.15, 0.2) is 0 Å². The van der Waals surface area contributed by atoms with Crippen LogP contribution < -0.4 is 11.1 Å². The zero-order chi connectivity index (χ0) is 11.4. The Balaban J connectivity index is 0.00000225. The summed E-state index contributed by atoms with van der Waals surface area (Å²) in [6.07, 6.45) is 1.12. The first-order valence-corrected chi connectivity index (χ1v) is 4.91. The molecule has 0 aliphatic carbocycles. The number of carbonyl (C=O) groups is 2. The zero-order valence-electron chi connectivity index (χ0n) is 9.43. The van der Waals surface area contributed by atoms with Crippen molar-refractivity contribution < 1.29 is 14.4 Å². The van der Waals surface area contributed by atoms with Crippen molar-refractivity contribution in [3.63, 3.8) is 0 Å². The molecular weight excluding hydrogens is 234 g/mol. The molecule has 0 saturated carbocycles. The number of hydrogen-bond donors (Lipinski definition) is 2. The molecule has 0 radical (unpaired) electrons. The molecule has 1 aliphatic rings. The van der Waals surface area contributed by atoms with E-state index in [1.165, 1.54) is 14.2 Å². The predicted octanol–water partition coefficient (Wildman–Crippen LogP) is -0.718. The van der Waals surface area contributed by atoms with Gasteiger partial charge < -0.3 is 11.1 Å². The maximum atomic E-state index is 11.5. The first-order valence-electron chi connectivity index (χ1n) is 4.91. The lowest BCUT2D eigenvalue weighted by Crippen LogP contribution is -2.43. The molecule has 0 aromatic carbocycles. The van der Waals surface area contributed by atoms with Crippen molar-refractivity contribution in [1.82, 2.24) is 10.4 Å². The molecule has 7 heteroatoms. The van der Waals surface area contributed by atoms with Crippen LogP contribution in [-0.2, 0) is 14.4 Å². The van der Waals surface area contributed by atoms with E-state index in [1.54, 1.807) is 0 Å². The van der Waals surface area contributed by atoms with Crippen LogP contribution >= 0.6 is 12.4 Å². The third-order valence-electron chi connectivity index (χ3n) is 2.60. The van der Waals surface area contributed by atoms with Crippen LogP contribution in [0.3, 0.4) is 0 Å². The lowest BCUT2D eigenvalue weighted by Gasteiger charge is -2.19. The van der Waals surface area contributed by atoms with Crippen molar-refractivity contribution >= 4 is 24.2 Å². The molecule has 2 atom stereocenters. The van der Waals surface area contributed by atoms with E-state index in [2.05, 4.69) is 5.32 Å². The van der Waals surface area contributed by atoms with E-state index >= 15 is 0 Å². The molecule has 0 bridgehead atoms. The molecule has 94 valence electrons. The molecule has 0 aromatic heterocycles. The predicted molar refractivity (Wildman–Crippen MR) is 60.7 cm³/mol. The smallest absolute Gasteiger partial charge is 0.262 e. The number of nitrogens with zero attached hydrogens (tertiary/aromatic N) is 1. The molecular formula is C9H18ClN3O3. The Morgan fingerprint density at radius 2 is 2.38 bits per heavy atom. The van der Waals surface area contributed by atoms with Crippen molar-refractivity contribution in [2.75, 3.05) is 20.7 Å². The number of carbonyl (C=O) groups excluding carboxylic acids is 2. The van der Waals surface area contributed by atoms with Crippen molar-refractivity contribution in [3.05, 3.63) is 0 Å². The first kappa shape index (κ1) is 15.2. The Morgan fingerprint density at radius 3 is 2.81 bits per heavy atom. The van der Waals surface area contributed by atoms with Gasteiger partial charge in [0.05, 0.1) is 13.2 Å². The third-order valence-corrected chi connectivity index (χ3v) is 2.60. The van der Waals surface area contributed by atoms with E-state index in [0.717, 1.165) is 11.5 Å². The summed E-state index contributed by atoms with van der Waals surface area (Å²) in [6, 6.07) is -0.677. The molecule has 1 heterocycles. The van der Waals surface area contributed by atoms with Gasteiger partial charge in [0.1, 0.15) is 0 Å². The molecule has 0 aromatic rings. The fourth-order valence-corrected chi connectivity index (χ4v) is 1.60. The minimum atomic E-state index is -0.677. The first-order chi connectivity index (χ1) is 7.06. The van der Waals surface area contributed by atoms with Gasteiger partial charge in [-0.05, 0) is 12.8 Å². The number of nitrogens with one attached hydrogen (secondary N) is 1. The van der Waals surface area contributed by atoms with Crippen molar-refractivity contribution in [2.24, 2.45) is 11.7 Å². The molecule has 1 fully saturated rings. The molecule has 0 unspecified atom stereocenters. The lowest BCUT2D eigenvalue weighted by molar-refractivity contribution is -0.170. The maximum Gasteiger partial charge on any atom is 0.262 e. The van der Waals surface area contributed by atoms with Crippen LogP contribution in [0.5, 0.6) is 0 Å². The quantitative estimate of drug-likeness (QED) is 0.646. The average Bonchev–Trinajstić information content (AvgIpc) is 2.62. The number of hydroxylamine groups is 2. The summed E-state index contributed by atoms with van der Waals surface area (Å²) < 4.78 is 0. The van der Waals surface area contributed by atoms with Crippen LogP contribution in [-0.4, -0.2) is 43.6 Å². The number of amides is 2. The van der Waals surface area contributed by atoms with Gasteiger partial charge in [-0.3, -0.25) is 14.4 Å². The lowest BCUT2D eigenvalue weighted by atomic mass is 9.98. The Morgan fingerprint density at radius 1 is 1.75 bits per heavy atom. The second kappa shape index (κ2) is 6.67. The van der Waals surface area contributed by atoms with Gasteiger partial charge in [-0.2, -0.15) is 0 Å². The molecule has 1 aliphatic heterocycles. The van der Waals surface area contributed by atoms with Gasteiger partial charge in [0, 0.05) is 19.5 Å². The molecule has 3 N–H and O–H groups in total. The number of hydrogen-bond acceptors (Lipinski definition) is 4. The van der Waals surface area contributed by atoms with Crippen LogP contribution in [0.2, 0.25) is 0 Å². The Kier molecular flexibility index (Phi) is 6.32. The summed E-state index contributed by atoms with van der Waals surface area (Å²) in [6.45, 7) is 0.671. The monoisotopic (exact) mass is 251 g/mol. The standard InChI is InChI=1S/C9H17N3O3.ClH/c1-12(15-2)9(14)7(10)5-6-3-4-11-8(6)13;/h6-7H,3-5,10H2,1-2H3,(H,11,13);1H/t6-,7-;/m0./s1. The molecule has 2 amide bonds. The van der Waals surface area contributed by atoms with E-state index < -0.39 is 6.04 Å². The van der Waals surface area contributed by atoms with Gasteiger partial charge in [-0.25, -0.2) is 5.06 Å². The number of halogens is 1. The van der Waals surface area contributed by atoms with E-state index in [9.17, 15) is 9.59 Å². The van der Waals surface area contributed by atoms with Crippen LogP contribution in [0, 0.1) is 5.92 Å². The summed E-state index contributed by atoms with van der Waals surface area (Å²) in [5.74, 6) is -0.468. The molecule has 6 nitrogen and oxygen atoms in total. The molecule has 1 rings (SSSR count). The van der Waals surface area contributed by atoms with E-state index in [0.29, 0.717) is 13.0 Å². The summed E-state index contributed by atoms with van der Waals surface area (Å²) in [5, 5.41) is 3.79. The topological polar surface area (TPSA) is 84.7 Å². The Bertz CT molecular complexity index is 262. The molecule has 16 heavy (non-hydrogen) atoms. The largest absolute Gasteiger partial charge is 0.356 e. The van der Waals surface area contributed by atoms with Gasteiger partial charge in [0.2, 0.25) is 5.91 Å². The SMILES string of the molecule is CON(C)C(=O)[C@@H](N)C[C@@H]1CCNC1=O.Cl. The number of nitrogens with two attached hydrogens (primary N) is 1. The second-order valence-electron chi connectivity index (χ2n) is 3.64. The Hall–Kier alpha value is -0.850. The summed E-state index contributed by atoms with van der Waals surface area (Å²) >= 11 is 0. The highest BCUT2D eigenvalue weighted by atomic mass is 35.5. The van der Waals surface area contributed by atoms with E-state index in [4.69, 9.17) is 10.6 Å². The second-order valence-corrected chi connectivity index (χ2v) is 3.64. The van der Waals surface area contributed by atoms with Crippen LogP contribution in [0.15, 0.2) is 0 Å². The van der Waals surface area contributed by atoms with Gasteiger partial charge >= 0.3 is 0 Å². The highest BCUT2D eigenvalue weighted by Gasteiger charge is 2.29. The highest BCUT2D eigenvalue weighted by Crippen LogP contribution is 2.15. The minimum Gasteiger partial charge on any atom is -0.356 e. The highest BCUT2D eigenvalue weighted by molar-refractivity contribution is 5.85. The number of rotatable bonds is 4. The Labute approximate surface area is 101 Å². The molecule has 0 spiro atoms. The fourth-order valence-electron chi connectivity index (χ4n) is 1.60. The summed E-state index contributed by atoms with van der Waals surface area (Å²) in [4.78, 5) is 27.5. The van der Waals surface area contributed by atoms with E-state index in [1.807, 2.05) is 0 Å². The number of likely N-dealkylation sites (N-methyl/N-ethyl adjacent to an activating group) is 1. The minimum absolute atomic E-state index is 0. The van der Waals surface area contributed by atoms with Crippen LogP contribution in [0.25, 0.3) is 0 Å². The molecule has 1 saturated heterocycles. The van der Waals surface area contributed by atoms with Crippen molar-refractivity contribution in [1.29, 1.82) is 0 Å². The zero-order valence-corrected chi connectivity index (χ0v) is 10.3. The average molecular weight is 252 g/mol.